The Hall–Kier alpha value is -2.14. The van der Waals surface area contributed by atoms with Crippen molar-refractivity contribution in [1.82, 2.24) is 14.7 Å². The normalized spacial score (nSPS) is 21.3. The molecule has 0 amide bonds. The summed E-state index contributed by atoms with van der Waals surface area (Å²) in [5.74, 6) is 1.16. The van der Waals surface area contributed by atoms with Crippen LogP contribution in [0, 0.1) is 18.3 Å². The van der Waals surface area contributed by atoms with Crippen molar-refractivity contribution in [2.45, 2.75) is 52.5 Å². The Kier molecular flexibility index (Phi) is 5.43. The second-order valence-corrected chi connectivity index (χ2v) is 8.96. The minimum absolute atomic E-state index is 0.228. The van der Waals surface area contributed by atoms with Gasteiger partial charge in [-0.15, -0.1) is 0 Å². The molecule has 0 spiro atoms. The van der Waals surface area contributed by atoms with Crippen LogP contribution in [-0.2, 0) is 7.05 Å². The fourth-order valence-corrected chi connectivity index (χ4v) is 4.23. The SMILES string of the molecule is Cc1cc(C=N)c(Nc2cnn(C)c2)cc1C1CCN(C(C)(C)C)CC1C. The molecular weight excluding hydrogens is 334 g/mol. The van der Waals surface area contributed by atoms with E-state index >= 15 is 0 Å². The highest BCUT2D eigenvalue weighted by Crippen LogP contribution is 2.38. The maximum atomic E-state index is 7.81. The van der Waals surface area contributed by atoms with Crippen LogP contribution in [0.2, 0.25) is 0 Å². The lowest BCUT2D eigenvalue weighted by atomic mass is 9.78. The maximum Gasteiger partial charge on any atom is 0.0770 e. The molecule has 1 fully saturated rings. The summed E-state index contributed by atoms with van der Waals surface area (Å²) < 4.78 is 1.78. The van der Waals surface area contributed by atoms with Crippen LogP contribution in [0.15, 0.2) is 24.5 Å². The third-order valence-electron chi connectivity index (χ3n) is 5.83. The van der Waals surface area contributed by atoms with Crippen LogP contribution in [0.3, 0.4) is 0 Å². The molecule has 3 rings (SSSR count). The van der Waals surface area contributed by atoms with E-state index in [4.69, 9.17) is 5.41 Å². The summed E-state index contributed by atoms with van der Waals surface area (Å²) in [4.78, 5) is 2.60. The molecule has 1 aromatic heterocycles. The third-order valence-corrected chi connectivity index (χ3v) is 5.83. The van der Waals surface area contributed by atoms with Gasteiger partial charge in [0.05, 0.1) is 11.9 Å². The van der Waals surface area contributed by atoms with Crippen LogP contribution in [0.25, 0.3) is 0 Å². The highest BCUT2D eigenvalue weighted by molar-refractivity contribution is 5.88. The van der Waals surface area contributed by atoms with E-state index in [-0.39, 0.29) is 5.54 Å². The standard InChI is InChI=1S/C22H33N5/c1-15-9-17(11-23)21(25-18-12-24-26(6)14-18)10-20(15)19-7-8-27(13-16(19)2)22(3,4)5/h9-12,14,16,19,23,25H,7-8,13H2,1-6H3. The quantitative estimate of drug-likeness (QED) is 0.771. The van der Waals surface area contributed by atoms with Crippen LogP contribution in [0.5, 0.6) is 0 Å². The van der Waals surface area contributed by atoms with Crippen molar-refractivity contribution in [1.29, 1.82) is 5.41 Å². The number of hydrogen-bond acceptors (Lipinski definition) is 4. The average Bonchev–Trinajstić information content (AvgIpc) is 3.00. The van der Waals surface area contributed by atoms with E-state index in [1.165, 1.54) is 23.8 Å². The molecule has 2 N–H and O–H groups in total. The first-order valence-electron chi connectivity index (χ1n) is 9.84. The number of hydrogen-bond donors (Lipinski definition) is 2. The van der Waals surface area contributed by atoms with Crippen molar-refractivity contribution in [3.05, 3.63) is 41.2 Å². The van der Waals surface area contributed by atoms with E-state index in [0.717, 1.165) is 30.0 Å². The van der Waals surface area contributed by atoms with Gasteiger partial charge in [0.1, 0.15) is 0 Å². The van der Waals surface area contributed by atoms with Gasteiger partial charge in [-0.3, -0.25) is 9.58 Å². The molecule has 1 aromatic carbocycles. The van der Waals surface area contributed by atoms with Crippen molar-refractivity contribution in [3.63, 3.8) is 0 Å². The third kappa shape index (κ3) is 4.24. The average molecular weight is 368 g/mol. The van der Waals surface area contributed by atoms with Gasteiger partial charge in [0.25, 0.3) is 0 Å². The lowest BCUT2D eigenvalue weighted by molar-refractivity contribution is 0.0726. The van der Waals surface area contributed by atoms with Crippen molar-refractivity contribution in [3.8, 4) is 0 Å². The van der Waals surface area contributed by atoms with Crippen LogP contribution in [0.1, 0.15) is 56.7 Å². The monoisotopic (exact) mass is 367 g/mol. The molecule has 1 aliphatic heterocycles. The number of rotatable bonds is 4. The zero-order valence-electron chi connectivity index (χ0n) is 17.5. The number of piperidine rings is 1. The molecule has 0 aliphatic carbocycles. The summed E-state index contributed by atoms with van der Waals surface area (Å²) in [5.41, 5.74) is 5.78. The van der Waals surface area contributed by atoms with E-state index in [9.17, 15) is 0 Å². The van der Waals surface area contributed by atoms with Gasteiger partial charge < -0.3 is 10.7 Å². The fourth-order valence-electron chi connectivity index (χ4n) is 4.23. The van der Waals surface area contributed by atoms with Crippen LogP contribution < -0.4 is 5.32 Å². The van der Waals surface area contributed by atoms with Crippen molar-refractivity contribution >= 4 is 17.6 Å². The molecule has 0 saturated carbocycles. The van der Waals surface area contributed by atoms with Gasteiger partial charge in [-0.1, -0.05) is 6.92 Å². The molecule has 2 unspecified atom stereocenters. The number of nitrogens with zero attached hydrogens (tertiary/aromatic N) is 3. The molecule has 2 atom stereocenters. The van der Waals surface area contributed by atoms with E-state index < -0.39 is 0 Å². The molecule has 2 heterocycles. The molecule has 0 bridgehead atoms. The zero-order chi connectivity index (χ0) is 19.8. The van der Waals surface area contributed by atoms with Crippen LogP contribution >= 0.6 is 0 Å². The minimum Gasteiger partial charge on any atom is -0.352 e. The Morgan fingerprint density at radius 3 is 2.59 bits per heavy atom. The zero-order valence-corrected chi connectivity index (χ0v) is 17.5. The van der Waals surface area contributed by atoms with E-state index in [0.29, 0.717) is 11.8 Å². The Balaban J connectivity index is 1.89. The van der Waals surface area contributed by atoms with Gasteiger partial charge in [-0.05, 0) is 75.8 Å². The number of anilines is 2. The summed E-state index contributed by atoms with van der Waals surface area (Å²) in [6.07, 6.45) is 6.38. The van der Waals surface area contributed by atoms with Gasteiger partial charge in [0.15, 0.2) is 0 Å². The molecule has 27 heavy (non-hydrogen) atoms. The van der Waals surface area contributed by atoms with Crippen molar-refractivity contribution in [2.75, 3.05) is 18.4 Å². The summed E-state index contributed by atoms with van der Waals surface area (Å²) in [6, 6.07) is 4.40. The molecule has 5 nitrogen and oxygen atoms in total. The van der Waals surface area contributed by atoms with Crippen LogP contribution in [0.4, 0.5) is 11.4 Å². The van der Waals surface area contributed by atoms with Gasteiger partial charge in [0, 0.05) is 42.8 Å². The molecule has 0 radical (unpaired) electrons. The molecule has 1 saturated heterocycles. The predicted octanol–water partition coefficient (Wildman–Crippen LogP) is 4.69. The Morgan fingerprint density at radius 2 is 2.04 bits per heavy atom. The van der Waals surface area contributed by atoms with E-state index in [1.54, 1.807) is 4.68 Å². The van der Waals surface area contributed by atoms with E-state index in [1.807, 2.05) is 19.4 Å². The molecule has 5 heteroatoms. The topological polar surface area (TPSA) is 56.9 Å². The Bertz CT molecular complexity index is 815. The maximum absolute atomic E-state index is 7.81. The lowest BCUT2D eigenvalue weighted by Gasteiger charge is -2.44. The number of aryl methyl sites for hydroxylation is 2. The minimum atomic E-state index is 0.228. The fraction of sp³-hybridized carbons (Fsp3) is 0.545. The largest absolute Gasteiger partial charge is 0.352 e. The number of benzene rings is 1. The Morgan fingerprint density at radius 1 is 1.30 bits per heavy atom. The summed E-state index contributed by atoms with van der Waals surface area (Å²) in [7, 11) is 1.91. The molecular formula is C22H33N5. The summed E-state index contributed by atoms with van der Waals surface area (Å²) in [6.45, 7) is 13.7. The van der Waals surface area contributed by atoms with Gasteiger partial charge >= 0.3 is 0 Å². The summed E-state index contributed by atoms with van der Waals surface area (Å²) in [5, 5.41) is 15.5. The first-order valence-corrected chi connectivity index (χ1v) is 9.84. The smallest absolute Gasteiger partial charge is 0.0770 e. The second kappa shape index (κ2) is 7.47. The number of nitrogens with one attached hydrogen (secondary N) is 2. The number of aromatic nitrogens is 2. The highest BCUT2D eigenvalue weighted by atomic mass is 15.3. The molecule has 146 valence electrons. The second-order valence-electron chi connectivity index (χ2n) is 8.96. The first kappa shape index (κ1) is 19.6. The highest BCUT2D eigenvalue weighted by Gasteiger charge is 2.33. The Labute approximate surface area is 163 Å². The lowest BCUT2D eigenvalue weighted by Crippen LogP contribution is -2.48. The summed E-state index contributed by atoms with van der Waals surface area (Å²) >= 11 is 0. The predicted molar refractivity (Wildman–Crippen MR) is 113 cm³/mol. The van der Waals surface area contributed by atoms with Crippen molar-refractivity contribution < 1.29 is 0 Å². The number of likely N-dealkylation sites (tertiary alicyclic amines) is 1. The van der Waals surface area contributed by atoms with Crippen LogP contribution in [-0.4, -0.2) is 39.5 Å². The molecule has 2 aromatic rings. The van der Waals surface area contributed by atoms with Gasteiger partial charge in [0.2, 0.25) is 0 Å². The van der Waals surface area contributed by atoms with Crippen molar-refractivity contribution in [2.24, 2.45) is 13.0 Å². The first-order chi connectivity index (χ1) is 12.7. The van der Waals surface area contributed by atoms with Gasteiger partial charge in [-0.25, -0.2) is 0 Å². The van der Waals surface area contributed by atoms with E-state index in [2.05, 4.69) is 62.1 Å². The molecule has 1 aliphatic rings. The van der Waals surface area contributed by atoms with Gasteiger partial charge in [-0.2, -0.15) is 5.10 Å².